The maximum absolute atomic E-state index is 2.44. The van der Waals surface area contributed by atoms with E-state index in [0.29, 0.717) is 0 Å². The first-order valence-electron chi connectivity index (χ1n) is 5.83. The van der Waals surface area contributed by atoms with Crippen LogP contribution in [0.4, 0.5) is 0 Å². The van der Waals surface area contributed by atoms with Crippen LogP contribution < -0.4 is 0 Å². The summed E-state index contributed by atoms with van der Waals surface area (Å²) >= 11 is 0. The van der Waals surface area contributed by atoms with Crippen molar-refractivity contribution >= 4 is 0 Å². The lowest BCUT2D eigenvalue weighted by atomic mass is 9.78. The van der Waals surface area contributed by atoms with E-state index in [2.05, 4.69) is 6.92 Å². The number of hydrogen-bond donors (Lipinski definition) is 0. The lowest BCUT2D eigenvalue weighted by molar-refractivity contribution is 0.228. The molecule has 0 nitrogen and oxygen atoms in total. The van der Waals surface area contributed by atoms with Gasteiger partial charge in [-0.2, -0.15) is 0 Å². The fourth-order valence-corrected chi connectivity index (χ4v) is 4.12. The summed E-state index contributed by atoms with van der Waals surface area (Å²) < 4.78 is 0. The first-order chi connectivity index (χ1) is 5.83. The summed E-state index contributed by atoms with van der Waals surface area (Å²) in [4.78, 5) is 0. The van der Waals surface area contributed by atoms with Crippen LogP contribution in [0, 0.1) is 29.6 Å². The average molecular weight is 164 g/mol. The summed E-state index contributed by atoms with van der Waals surface area (Å²) in [6, 6.07) is 0. The Morgan fingerprint density at radius 3 is 2.17 bits per heavy atom. The Kier molecular flexibility index (Phi) is 1.54. The zero-order chi connectivity index (χ0) is 8.13. The van der Waals surface area contributed by atoms with Crippen molar-refractivity contribution in [1.82, 2.24) is 0 Å². The highest BCUT2D eigenvalue weighted by molar-refractivity contribution is 4.98. The van der Waals surface area contributed by atoms with Crippen molar-refractivity contribution in [3.63, 3.8) is 0 Å². The summed E-state index contributed by atoms with van der Waals surface area (Å²) in [5.41, 5.74) is 0. The predicted octanol–water partition coefficient (Wildman–Crippen LogP) is 3.47. The number of hydrogen-bond acceptors (Lipinski definition) is 0. The van der Waals surface area contributed by atoms with Crippen molar-refractivity contribution in [3.05, 3.63) is 0 Å². The lowest BCUT2D eigenvalue weighted by Crippen LogP contribution is -2.18. The van der Waals surface area contributed by atoms with E-state index in [1.807, 2.05) is 0 Å². The van der Waals surface area contributed by atoms with Crippen molar-refractivity contribution in [2.75, 3.05) is 0 Å². The van der Waals surface area contributed by atoms with Crippen molar-refractivity contribution in [2.45, 2.75) is 45.4 Å². The molecule has 0 N–H and O–H groups in total. The van der Waals surface area contributed by atoms with Gasteiger partial charge in [0.25, 0.3) is 0 Å². The van der Waals surface area contributed by atoms with Gasteiger partial charge in [-0.1, -0.05) is 13.3 Å². The van der Waals surface area contributed by atoms with Crippen LogP contribution in [0.1, 0.15) is 45.4 Å². The van der Waals surface area contributed by atoms with Crippen LogP contribution in [0.5, 0.6) is 0 Å². The molecule has 0 aliphatic heterocycles. The lowest BCUT2D eigenvalue weighted by Gasteiger charge is -2.27. The summed E-state index contributed by atoms with van der Waals surface area (Å²) in [6.07, 6.45) is 9.48. The van der Waals surface area contributed by atoms with Gasteiger partial charge < -0.3 is 0 Å². The van der Waals surface area contributed by atoms with Crippen LogP contribution in [0.15, 0.2) is 0 Å². The summed E-state index contributed by atoms with van der Waals surface area (Å²) in [5, 5.41) is 0. The Bertz CT molecular complexity index is 178. The Morgan fingerprint density at radius 1 is 0.833 bits per heavy atom. The van der Waals surface area contributed by atoms with Gasteiger partial charge in [0.05, 0.1) is 0 Å². The van der Waals surface area contributed by atoms with Gasteiger partial charge in [-0.15, -0.1) is 0 Å². The van der Waals surface area contributed by atoms with E-state index in [1.54, 1.807) is 32.1 Å². The Morgan fingerprint density at radius 2 is 1.67 bits per heavy atom. The standard InChI is InChI=1S/C12H20/c1-8-2-3-10(4-8)12-7-9-5-11(12)6-9/h8-12H,2-7H2,1H3. The van der Waals surface area contributed by atoms with Crippen molar-refractivity contribution < 1.29 is 0 Å². The molecule has 0 heterocycles. The minimum Gasteiger partial charge on any atom is -0.0625 e. The van der Waals surface area contributed by atoms with Gasteiger partial charge in [-0.3, -0.25) is 0 Å². The molecule has 0 heteroatoms. The maximum Gasteiger partial charge on any atom is -0.0354 e. The summed E-state index contributed by atoms with van der Waals surface area (Å²) in [5.74, 6) is 5.74. The highest BCUT2D eigenvalue weighted by Crippen LogP contribution is 2.57. The fraction of sp³-hybridized carbons (Fsp3) is 1.00. The fourth-order valence-electron chi connectivity index (χ4n) is 4.12. The third kappa shape index (κ3) is 0.963. The first kappa shape index (κ1) is 7.41. The van der Waals surface area contributed by atoms with E-state index in [9.17, 15) is 0 Å². The molecular formula is C12H20. The van der Waals surface area contributed by atoms with Crippen molar-refractivity contribution in [3.8, 4) is 0 Å². The van der Waals surface area contributed by atoms with Gasteiger partial charge in [0.1, 0.15) is 0 Å². The van der Waals surface area contributed by atoms with Gasteiger partial charge >= 0.3 is 0 Å². The molecule has 4 aliphatic rings. The van der Waals surface area contributed by atoms with E-state index >= 15 is 0 Å². The van der Waals surface area contributed by atoms with Gasteiger partial charge in [0.15, 0.2) is 0 Å². The molecule has 3 unspecified atom stereocenters. The molecule has 0 amide bonds. The highest BCUT2D eigenvalue weighted by atomic mass is 14.5. The van der Waals surface area contributed by atoms with Crippen molar-refractivity contribution in [1.29, 1.82) is 0 Å². The minimum absolute atomic E-state index is 1.05. The molecular weight excluding hydrogens is 144 g/mol. The predicted molar refractivity (Wildman–Crippen MR) is 50.8 cm³/mol. The molecule has 3 atom stereocenters. The first-order valence-corrected chi connectivity index (χ1v) is 5.83. The van der Waals surface area contributed by atoms with E-state index in [1.165, 1.54) is 24.2 Å². The monoisotopic (exact) mass is 164 g/mol. The van der Waals surface area contributed by atoms with Crippen LogP contribution in [-0.4, -0.2) is 0 Å². The smallest absolute Gasteiger partial charge is 0.0354 e. The highest BCUT2D eigenvalue weighted by Gasteiger charge is 2.47. The van der Waals surface area contributed by atoms with E-state index in [0.717, 1.165) is 11.8 Å². The molecule has 0 aromatic carbocycles. The second kappa shape index (κ2) is 2.49. The molecule has 0 aromatic rings. The molecule has 4 rings (SSSR count). The molecule has 4 saturated carbocycles. The zero-order valence-electron chi connectivity index (χ0n) is 8.13. The third-order valence-corrected chi connectivity index (χ3v) is 4.82. The van der Waals surface area contributed by atoms with Gasteiger partial charge in [-0.05, 0) is 61.7 Å². The molecule has 12 heavy (non-hydrogen) atoms. The molecule has 0 radical (unpaired) electrons. The van der Waals surface area contributed by atoms with E-state index in [4.69, 9.17) is 0 Å². The quantitative estimate of drug-likeness (QED) is 0.556. The largest absolute Gasteiger partial charge is 0.0625 e. The number of rotatable bonds is 1. The number of fused-ring (bicyclic) bond motifs is 1. The minimum atomic E-state index is 1.05. The van der Waals surface area contributed by atoms with Crippen LogP contribution in [0.25, 0.3) is 0 Å². The van der Waals surface area contributed by atoms with Gasteiger partial charge in [0, 0.05) is 0 Å². The molecule has 68 valence electrons. The molecule has 4 fully saturated rings. The van der Waals surface area contributed by atoms with Crippen LogP contribution in [0.3, 0.4) is 0 Å². The zero-order valence-corrected chi connectivity index (χ0v) is 8.13. The Balaban J connectivity index is 1.66. The molecule has 0 aromatic heterocycles. The van der Waals surface area contributed by atoms with Crippen LogP contribution >= 0.6 is 0 Å². The molecule has 0 spiro atoms. The SMILES string of the molecule is CC1CCC(C2CC3CC2C3)C1. The Hall–Kier alpha value is 0. The Labute approximate surface area is 75.7 Å². The van der Waals surface area contributed by atoms with Gasteiger partial charge in [-0.25, -0.2) is 0 Å². The van der Waals surface area contributed by atoms with Gasteiger partial charge in [0.2, 0.25) is 0 Å². The second-order valence-electron chi connectivity index (χ2n) is 5.68. The maximum atomic E-state index is 2.44. The third-order valence-electron chi connectivity index (χ3n) is 4.82. The molecule has 2 bridgehead atoms. The van der Waals surface area contributed by atoms with E-state index < -0.39 is 0 Å². The average Bonchev–Trinajstić information content (AvgIpc) is 2.54. The van der Waals surface area contributed by atoms with Crippen LogP contribution in [0.2, 0.25) is 0 Å². The second-order valence-corrected chi connectivity index (χ2v) is 5.68. The topological polar surface area (TPSA) is 0 Å². The summed E-state index contributed by atoms with van der Waals surface area (Å²) in [7, 11) is 0. The van der Waals surface area contributed by atoms with Crippen LogP contribution in [-0.2, 0) is 0 Å². The normalized spacial score (nSPS) is 57.2. The molecule has 0 saturated heterocycles. The van der Waals surface area contributed by atoms with E-state index in [-0.39, 0.29) is 0 Å². The molecule has 4 aliphatic carbocycles. The summed E-state index contributed by atoms with van der Waals surface area (Å²) in [6.45, 7) is 2.44. The van der Waals surface area contributed by atoms with Crippen molar-refractivity contribution in [2.24, 2.45) is 29.6 Å².